The van der Waals surface area contributed by atoms with Gasteiger partial charge in [0, 0.05) is 17.5 Å². The maximum absolute atomic E-state index is 13.8. The summed E-state index contributed by atoms with van der Waals surface area (Å²) in [6.07, 6.45) is 2.23. The summed E-state index contributed by atoms with van der Waals surface area (Å²) in [6.45, 7) is 6.83. The SMILES string of the molecule is C[C@@H]1C(NC(=O)c2cc3c(F)cc(F)cc3[nH]2)C[C@H]2C[C@@H]1C2(C)C. The largest absolute Gasteiger partial charge is 0.350 e. The molecule has 5 rings (SSSR count). The van der Waals surface area contributed by atoms with Crippen LogP contribution in [0.4, 0.5) is 8.78 Å². The van der Waals surface area contributed by atoms with E-state index in [4.69, 9.17) is 0 Å². The maximum atomic E-state index is 13.8. The molecule has 1 aromatic heterocycles. The van der Waals surface area contributed by atoms with Crippen LogP contribution >= 0.6 is 0 Å². The second-order valence-electron chi connectivity index (χ2n) is 8.07. The molecule has 3 nitrogen and oxygen atoms in total. The van der Waals surface area contributed by atoms with E-state index in [-0.39, 0.29) is 23.0 Å². The zero-order valence-corrected chi connectivity index (χ0v) is 14.1. The summed E-state index contributed by atoms with van der Waals surface area (Å²) in [5.74, 6) is 0.148. The molecule has 1 aromatic carbocycles. The van der Waals surface area contributed by atoms with Crippen molar-refractivity contribution in [3.05, 3.63) is 35.5 Å². The number of hydrogen-bond acceptors (Lipinski definition) is 1. The van der Waals surface area contributed by atoms with E-state index in [0.29, 0.717) is 28.7 Å². The Bertz CT molecular complexity index is 826. The number of hydrogen-bond donors (Lipinski definition) is 2. The number of benzene rings is 1. The highest BCUT2D eigenvalue weighted by molar-refractivity contribution is 5.98. The highest BCUT2D eigenvalue weighted by Crippen LogP contribution is 2.61. The Balaban J connectivity index is 1.54. The van der Waals surface area contributed by atoms with Crippen molar-refractivity contribution in [2.75, 3.05) is 0 Å². The van der Waals surface area contributed by atoms with Gasteiger partial charge in [-0.1, -0.05) is 20.8 Å². The summed E-state index contributed by atoms with van der Waals surface area (Å²) in [7, 11) is 0. The molecule has 2 N–H and O–H groups in total. The number of fused-ring (bicyclic) bond motifs is 3. The van der Waals surface area contributed by atoms with Gasteiger partial charge in [-0.05, 0) is 48.1 Å². The van der Waals surface area contributed by atoms with E-state index in [0.717, 1.165) is 12.5 Å². The Morgan fingerprint density at radius 2 is 2.00 bits per heavy atom. The van der Waals surface area contributed by atoms with Crippen LogP contribution in [0.15, 0.2) is 18.2 Å². The molecule has 24 heavy (non-hydrogen) atoms. The fourth-order valence-corrected chi connectivity index (χ4v) is 4.87. The molecule has 0 aliphatic heterocycles. The van der Waals surface area contributed by atoms with Crippen LogP contribution in [0.25, 0.3) is 10.9 Å². The van der Waals surface area contributed by atoms with Crippen LogP contribution in [-0.2, 0) is 0 Å². The molecule has 128 valence electrons. The zero-order chi connectivity index (χ0) is 17.2. The van der Waals surface area contributed by atoms with Gasteiger partial charge < -0.3 is 10.3 Å². The van der Waals surface area contributed by atoms with Gasteiger partial charge in [0.25, 0.3) is 5.91 Å². The van der Waals surface area contributed by atoms with Gasteiger partial charge in [-0.3, -0.25) is 4.79 Å². The number of H-pyrrole nitrogens is 1. The summed E-state index contributed by atoms with van der Waals surface area (Å²) in [5, 5.41) is 3.33. The molecule has 2 bridgehead atoms. The van der Waals surface area contributed by atoms with Crippen LogP contribution in [0.2, 0.25) is 0 Å². The average Bonchev–Trinajstić information content (AvgIpc) is 2.93. The van der Waals surface area contributed by atoms with Gasteiger partial charge >= 0.3 is 0 Å². The minimum absolute atomic E-state index is 0.141. The van der Waals surface area contributed by atoms with Gasteiger partial charge in [-0.2, -0.15) is 0 Å². The van der Waals surface area contributed by atoms with E-state index >= 15 is 0 Å². The number of amides is 1. The number of aromatic amines is 1. The molecule has 0 spiro atoms. The normalized spacial score (nSPS) is 30.9. The Hall–Kier alpha value is -1.91. The standard InChI is InChI=1S/C19H22F2N2O/c1-9-13-4-10(19(13,2)3)5-15(9)23-18(24)17-8-12-14(21)6-11(20)7-16(12)22-17/h6-10,13,15,22H,4-5H2,1-3H3,(H,23,24)/t9-,10+,13-,15?/m0/s1. The van der Waals surface area contributed by atoms with E-state index in [2.05, 4.69) is 31.1 Å². The van der Waals surface area contributed by atoms with Crippen molar-refractivity contribution < 1.29 is 13.6 Å². The van der Waals surface area contributed by atoms with Gasteiger partial charge in [0.15, 0.2) is 0 Å². The fourth-order valence-electron chi connectivity index (χ4n) is 4.87. The van der Waals surface area contributed by atoms with E-state index in [1.54, 1.807) is 0 Å². The van der Waals surface area contributed by atoms with Gasteiger partial charge in [0.05, 0.1) is 5.52 Å². The van der Waals surface area contributed by atoms with Crippen LogP contribution in [0.1, 0.15) is 44.1 Å². The molecule has 0 radical (unpaired) electrons. The highest BCUT2D eigenvalue weighted by atomic mass is 19.1. The minimum atomic E-state index is -0.658. The summed E-state index contributed by atoms with van der Waals surface area (Å²) in [4.78, 5) is 15.4. The third kappa shape index (κ3) is 2.17. The van der Waals surface area contributed by atoms with Crippen LogP contribution < -0.4 is 5.32 Å². The predicted octanol–water partition coefficient (Wildman–Crippen LogP) is 4.25. The van der Waals surface area contributed by atoms with E-state index in [1.807, 2.05) is 0 Å². The molecule has 0 saturated heterocycles. The van der Waals surface area contributed by atoms with Crippen molar-refractivity contribution in [2.45, 2.75) is 39.7 Å². The van der Waals surface area contributed by atoms with Crippen molar-refractivity contribution in [1.82, 2.24) is 10.3 Å². The number of carbonyl (C=O) groups is 1. The smallest absolute Gasteiger partial charge is 0.267 e. The first-order valence-electron chi connectivity index (χ1n) is 8.56. The van der Waals surface area contributed by atoms with Crippen molar-refractivity contribution in [3.63, 3.8) is 0 Å². The number of aromatic nitrogens is 1. The second kappa shape index (κ2) is 5.04. The van der Waals surface area contributed by atoms with Crippen molar-refractivity contribution in [1.29, 1.82) is 0 Å². The fraction of sp³-hybridized carbons (Fsp3) is 0.526. The van der Waals surface area contributed by atoms with Crippen LogP contribution in [-0.4, -0.2) is 16.9 Å². The number of rotatable bonds is 2. The lowest BCUT2D eigenvalue weighted by Gasteiger charge is -2.62. The van der Waals surface area contributed by atoms with Crippen LogP contribution in [0.5, 0.6) is 0 Å². The molecule has 5 heteroatoms. The van der Waals surface area contributed by atoms with Gasteiger partial charge in [0.2, 0.25) is 0 Å². The summed E-state index contributed by atoms with van der Waals surface area (Å²) >= 11 is 0. The van der Waals surface area contributed by atoms with Crippen molar-refractivity contribution in [2.24, 2.45) is 23.2 Å². The molecular formula is C19H22F2N2O. The molecule has 1 heterocycles. The van der Waals surface area contributed by atoms with Crippen LogP contribution in [0, 0.1) is 34.8 Å². The second-order valence-corrected chi connectivity index (χ2v) is 8.07. The lowest BCUT2D eigenvalue weighted by Crippen LogP contribution is -2.60. The summed E-state index contributed by atoms with van der Waals surface area (Å²) < 4.78 is 27.1. The van der Waals surface area contributed by atoms with E-state index < -0.39 is 11.6 Å². The third-order valence-electron chi connectivity index (χ3n) is 6.57. The van der Waals surface area contributed by atoms with Gasteiger partial charge in [-0.15, -0.1) is 0 Å². The van der Waals surface area contributed by atoms with Crippen LogP contribution in [0.3, 0.4) is 0 Å². The highest BCUT2D eigenvalue weighted by Gasteiger charge is 2.56. The zero-order valence-electron chi connectivity index (χ0n) is 14.1. The van der Waals surface area contributed by atoms with E-state index in [1.165, 1.54) is 18.6 Å². The molecular weight excluding hydrogens is 310 g/mol. The molecule has 1 amide bonds. The predicted molar refractivity (Wildman–Crippen MR) is 88.6 cm³/mol. The molecule has 1 unspecified atom stereocenters. The Morgan fingerprint density at radius 3 is 2.67 bits per heavy atom. The molecule has 2 aromatic rings. The lowest BCUT2D eigenvalue weighted by atomic mass is 9.45. The molecule has 3 saturated carbocycles. The van der Waals surface area contributed by atoms with Gasteiger partial charge in [0.1, 0.15) is 17.3 Å². The minimum Gasteiger partial charge on any atom is -0.350 e. The molecule has 3 aliphatic rings. The first-order valence-corrected chi connectivity index (χ1v) is 8.56. The summed E-state index contributed by atoms with van der Waals surface area (Å²) in [6, 6.07) is 3.63. The Morgan fingerprint density at radius 1 is 1.25 bits per heavy atom. The first-order chi connectivity index (χ1) is 11.3. The Labute approximate surface area is 139 Å². The van der Waals surface area contributed by atoms with Crippen molar-refractivity contribution in [3.8, 4) is 0 Å². The number of halogens is 2. The van der Waals surface area contributed by atoms with Gasteiger partial charge in [-0.25, -0.2) is 8.78 Å². The lowest BCUT2D eigenvalue weighted by molar-refractivity contribution is -0.113. The number of nitrogens with one attached hydrogen (secondary N) is 2. The summed E-state index contributed by atoms with van der Waals surface area (Å²) in [5.41, 5.74) is 0.945. The monoisotopic (exact) mass is 332 g/mol. The first kappa shape index (κ1) is 15.6. The quantitative estimate of drug-likeness (QED) is 0.848. The maximum Gasteiger partial charge on any atom is 0.267 e. The average molecular weight is 332 g/mol. The molecule has 3 fully saturated rings. The topological polar surface area (TPSA) is 44.9 Å². The Kier molecular flexibility index (Phi) is 3.28. The molecule has 3 aliphatic carbocycles. The molecule has 4 atom stereocenters. The number of carbonyl (C=O) groups excluding carboxylic acids is 1. The van der Waals surface area contributed by atoms with Crippen molar-refractivity contribution >= 4 is 16.8 Å². The van der Waals surface area contributed by atoms with E-state index in [9.17, 15) is 13.6 Å². The third-order valence-corrected chi connectivity index (χ3v) is 6.57.